The highest BCUT2D eigenvalue weighted by atomic mass is 32.2. The van der Waals surface area contributed by atoms with Crippen LogP contribution in [-0.2, 0) is 25.6 Å². The van der Waals surface area contributed by atoms with Crippen LogP contribution in [0.2, 0.25) is 0 Å². The molecule has 0 saturated heterocycles. The van der Waals surface area contributed by atoms with Crippen molar-refractivity contribution in [2.45, 2.75) is 30.8 Å². The lowest BCUT2D eigenvalue weighted by Gasteiger charge is -2.33. The maximum atomic E-state index is 12.5. The Labute approximate surface area is 239 Å². The Morgan fingerprint density at radius 3 is 1.98 bits per heavy atom. The van der Waals surface area contributed by atoms with Gasteiger partial charge in [-0.2, -0.15) is 0 Å². The average Bonchev–Trinajstić information content (AvgIpc) is 2.99. The van der Waals surface area contributed by atoms with Crippen LogP contribution in [0.4, 0.5) is 11.4 Å². The number of anilines is 2. The minimum Gasteiger partial charge on any atom is -0.497 e. The number of methoxy groups -OCH3 is 3. The van der Waals surface area contributed by atoms with Gasteiger partial charge < -0.3 is 23.4 Å². The van der Waals surface area contributed by atoms with Crippen molar-refractivity contribution in [1.29, 1.82) is 0 Å². The molecule has 0 fully saturated rings. The minimum absolute atomic E-state index is 0.0585. The molecule has 4 aromatic rings. The van der Waals surface area contributed by atoms with E-state index in [9.17, 15) is 9.59 Å². The molecule has 0 heterocycles. The molecule has 0 spiro atoms. The zero-order chi connectivity index (χ0) is 28.5. The molecule has 0 aromatic heterocycles. The van der Waals surface area contributed by atoms with Gasteiger partial charge in [0.05, 0.1) is 33.4 Å². The maximum absolute atomic E-state index is 12.5. The van der Waals surface area contributed by atoms with Gasteiger partial charge in [-0.05, 0) is 60.8 Å². The van der Waals surface area contributed by atoms with E-state index in [0.717, 1.165) is 38.4 Å². The maximum Gasteiger partial charge on any atom is 0.326 e. The molecule has 0 bridgehead atoms. The molecule has 0 aliphatic rings. The highest BCUT2D eigenvalue weighted by Gasteiger charge is 2.23. The largest absolute Gasteiger partial charge is 0.497 e. The van der Waals surface area contributed by atoms with Crippen molar-refractivity contribution < 1.29 is 23.8 Å². The molecular weight excluding hydrogens is 524 g/mol. The van der Waals surface area contributed by atoms with Gasteiger partial charge >= 0.3 is 11.9 Å². The molecule has 7 nitrogen and oxygen atoms in total. The Morgan fingerprint density at radius 2 is 1.35 bits per heavy atom. The fourth-order valence-electron chi connectivity index (χ4n) is 4.54. The van der Waals surface area contributed by atoms with E-state index in [0.29, 0.717) is 6.54 Å². The van der Waals surface area contributed by atoms with E-state index >= 15 is 0 Å². The Balaban J connectivity index is 1.78. The van der Waals surface area contributed by atoms with Crippen molar-refractivity contribution in [3.63, 3.8) is 0 Å². The smallest absolute Gasteiger partial charge is 0.326 e. The van der Waals surface area contributed by atoms with E-state index < -0.39 is 0 Å². The summed E-state index contributed by atoms with van der Waals surface area (Å²) in [5.41, 5.74) is 3.01. The van der Waals surface area contributed by atoms with Gasteiger partial charge in [0.2, 0.25) is 0 Å². The predicted molar refractivity (Wildman–Crippen MR) is 161 cm³/mol. The second-order valence-corrected chi connectivity index (χ2v) is 10.4. The zero-order valence-electron chi connectivity index (χ0n) is 23.2. The summed E-state index contributed by atoms with van der Waals surface area (Å²) in [7, 11) is 4.44. The Kier molecular flexibility index (Phi) is 9.91. The molecule has 1 unspecified atom stereocenters. The summed E-state index contributed by atoms with van der Waals surface area (Å²) in [6.45, 7) is 2.71. The molecular formula is C32H34N2O5S. The highest BCUT2D eigenvalue weighted by molar-refractivity contribution is 8.00. The molecule has 0 saturated carbocycles. The van der Waals surface area contributed by atoms with Crippen molar-refractivity contribution >= 4 is 46.0 Å². The van der Waals surface area contributed by atoms with Crippen LogP contribution in [0.15, 0.2) is 95.9 Å². The molecule has 40 heavy (non-hydrogen) atoms. The van der Waals surface area contributed by atoms with Crippen LogP contribution in [0.5, 0.6) is 5.75 Å². The number of fused-ring (bicyclic) bond motifs is 1. The van der Waals surface area contributed by atoms with Crippen LogP contribution in [0.3, 0.4) is 0 Å². The zero-order valence-corrected chi connectivity index (χ0v) is 24.0. The standard InChI is InChI=1S/C32H34N2O5S/c1-23(20-31(35)38-3)33(21-24-10-6-5-7-11-24)29-18-19-30(28-13-9-8-12-27(28)29)34(22-32(36)39-4)40-26-16-14-25(37-2)15-17-26/h5-19,23H,20-22H2,1-4H3. The number of nitrogens with zero attached hydrogens (tertiary/aromatic N) is 2. The lowest BCUT2D eigenvalue weighted by molar-refractivity contribution is -0.141. The lowest BCUT2D eigenvalue weighted by Crippen LogP contribution is -2.35. The first-order valence-corrected chi connectivity index (χ1v) is 13.8. The molecule has 208 valence electrons. The fourth-order valence-corrected chi connectivity index (χ4v) is 5.48. The molecule has 4 aromatic carbocycles. The summed E-state index contributed by atoms with van der Waals surface area (Å²) in [4.78, 5) is 27.9. The van der Waals surface area contributed by atoms with E-state index in [1.54, 1.807) is 7.11 Å². The summed E-state index contributed by atoms with van der Waals surface area (Å²) in [5, 5.41) is 1.99. The van der Waals surface area contributed by atoms with Crippen molar-refractivity contribution in [1.82, 2.24) is 0 Å². The SMILES string of the molecule is COC(=O)CC(C)N(Cc1ccccc1)c1ccc(N(CC(=O)OC)Sc2ccc(OC)cc2)c2ccccc12. The summed E-state index contributed by atoms with van der Waals surface area (Å²) >= 11 is 1.46. The van der Waals surface area contributed by atoms with Crippen LogP contribution in [0.25, 0.3) is 10.8 Å². The van der Waals surface area contributed by atoms with E-state index in [-0.39, 0.29) is 30.9 Å². The molecule has 8 heteroatoms. The number of ether oxygens (including phenoxy) is 3. The van der Waals surface area contributed by atoms with Crippen LogP contribution in [0, 0.1) is 0 Å². The number of rotatable bonds is 12. The lowest BCUT2D eigenvalue weighted by atomic mass is 10.0. The molecule has 0 amide bonds. The Morgan fingerprint density at radius 1 is 0.750 bits per heavy atom. The van der Waals surface area contributed by atoms with Gasteiger partial charge in [-0.1, -0.05) is 54.6 Å². The van der Waals surface area contributed by atoms with Gasteiger partial charge in [0, 0.05) is 33.9 Å². The predicted octanol–water partition coefficient (Wildman–Crippen LogP) is 6.49. The van der Waals surface area contributed by atoms with Crippen molar-refractivity contribution in [2.75, 3.05) is 37.1 Å². The summed E-state index contributed by atoms with van der Waals surface area (Å²) in [5.74, 6) is 0.163. The topological polar surface area (TPSA) is 68.3 Å². The quantitative estimate of drug-likeness (QED) is 0.144. The average molecular weight is 559 g/mol. The van der Waals surface area contributed by atoms with E-state index in [4.69, 9.17) is 14.2 Å². The van der Waals surface area contributed by atoms with Gasteiger partial charge in [-0.25, -0.2) is 0 Å². The number of esters is 2. The number of carbonyl (C=O) groups is 2. The number of hydrogen-bond acceptors (Lipinski definition) is 8. The Bertz CT molecular complexity index is 1430. The third kappa shape index (κ3) is 7.07. The second-order valence-electron chi connectivity index (χ2n) is 9.27. The van der Waals surface area contributed by atoms with E-state index in [1.807, 2.05) is 71.9 Å². The minimum atomic E-state index is -0.341. The van der Waals surface area contributed by atoms with Gasteiger partial charge in [0.25, 0.3) is 0 Å². The fraction of sp³-hybridized carbons (Fsp3) is 0.250. The number of hydrogen-bond donors (Lipinski definition) is 0. The summed E-state index contributed by atoms with van der Waals surface area (Å²) in [6, 6.07) is 30.0. The number of benzene rings is 4. The van der Waals surface area contributed by atoms with Crippen molar-refractivity contribution in [3.8, 4) is 5.75 Å². The third-order valence-electron chi connectivity index (χ3n) is 6.65. The van der Waals surface area contributed by atoms with Crippen molar-refractivity contribution in [3.05, 3.63) is 96.6 Å². The van der Waals surface area contributed by atoms with Gasteiger partial charge in [-0.3, -0.25) is 9.59 Å². The molecule has 0 radical (unpaired) electrons. The van der Waals surface area contributed by atoms with Crippen LogP contribution >= 0.6 is 11.9 Å². The summed E-state index contributed by atoms with van der Waals surface area (Å²) < 4.78 is 17.3. The van der Waals surface area contributed by atoms with Crippen LogP contribution < -0.4 is 13.9 Å². The Hall–Kier alpha value is -4.17. The highest BCUT2D eigenvalue weighted by Crippen LogP contribution is 2.40. The van der Waals surface area contributed by atoms with Gasteiger partial charge in [-0.15, -0.1) is 0 Å². The molecule has 0 aliphatic heterocycles. The van der Waals surface area contributed by atoms with E-state index in [1.165, 1.54) is 26.2 Å². The molecule has 0 N–H and O–H groups in total. The van der Waals surface area contributed by atoms with E-state index in [2.05, 4.69) is 35.2 Å². The summed E-state index contributed by atoms with van der Waals surface area (Å²) in [6.07, 6.45) is 0.251. The van der Waals surface area contributed by atoms with Gasteiger partial charge in [0.15, 0.2) is 0 Å². The van der Waals surface area contributed by atoms with Gasteiger partial charge in [0.1, 0.15) is 12.3 Å². The van der Waals surface area contributed by atoms with Crippen LogP contribution in [0.1, 0.15) is 18.9 Å². The number of carbonyl (C=O) groups excluding carboxylic acids is 2. The van der Waals surface area contributed by atoms with Crippen molar-refractivity contribution in [2.24, 2.45) is 0 Å². The normalized spacial score (nSPS) is 11.5. The first-order valence-electron chi connectivity index (χ1n) is 13.0. The first-order chi connectivity index (χ1) is 19.4. The molecule has 0 aliphatic carbocycles. The molecule has 4 rings (SSSR count). The monoisotopic (exact) mass is 558 g/mol. The second kappa shape index (κ2) is 13.8. The molecule has 1 atom stereocenters. The third-order valence-corrected chi connectivity index (χ3v) is 7.68. The first kappa shape index (κ1) is 28.8. The van der Waals surface area contributed by atoms with Crippen LogP contribution in [-0.4, -0.2) is 45.9 Å².